The molecule has 2 amide bonds. The van der Waals surface area contributed by atoms with Gasteiger partial charge in [-0.2, -0.15) is 0 Å². The Morgan fingerprint density at radius 2 is 2.17 bits per heavy atom. The molecule has 3 heterocycles. The van der Waals surface area contributed by atoms with Crippen LogP contribution in [0.25, 0.3) is 0 Å². The van der Waals surface area contributed by atoms with Gasteiger partial charge in [0.1, 0.15) is 0 Å². The predicted octanol–water partition coefficient (Wildman–Crippen LogP) is 0.346. The van der Waals surface area contributed by atoms with Crippen LogP contribution in [0.4, 0.5) is 0 Å². The van der Waals surface area contributed by atoms with Crippen LogP contribution in [-0.4, -0.2) is 53.1 Å². The highest BCUT2D eigenvalue weighted by Gasteiger charge is 2.62. The number of hydrogen-bond acceptors (Lipinski definition) is 3. The second-order valence-corrected chi connectivity index (χ2v) is 5.87. The van der Waals surface area contributed by atoms with Gasteiger partial charge in [-0.3, -0.25) is 9.59 Å². The van der Waals surface area contributed by atoms with Crippen LogP contribution in [-0.2, 0) is 14.3 Å². The Hall–Kier alpha value is -1.10. The van der Waals surface area contributed by atoms with Crippen molar-refractivity contribution >= 4 is 11.8 Å². The molecule has 4 aliphatic rings. The first-order valence-corrected chi connectivity index (χ1v) is 6.97. The minimum Gasteiger partial charge on any atom is -0.353 e. The van der Waals surface area contributed by atoms with E-state index in [2.05, 4.69) is 0 Å². The molecule has 1 saturated carbocycles. The van der Waals surface area contributed by atoms with Crippen molar-refractivity contribution in [2.75, 3.05) is 19.7 Å². The standard InChI is InChI=1S/C13H18N2O3/c16-11-8-10-13(15(11)5-1-7-18-13)4-6-14(10)12(17)9-2-3-9/h9-10H,1-8H2/t10-,13+/m1/s1. The Kier molecular flexibility index (Phi) is 2.08. The molecule has 0 N–H and O–H groups in total. The van der Waals surface area contributed by atoms with Crippen molar-refractivity contribution < 1.29 is 14.3 Å². The molecule has 3 saturated heterocycles. The van der Waals surface area contributed by atoms with Gasteiger partial charge in [0.2, 0.25) is 11.8 Å². The van der Waals surface area contributed by atoms with Gasteiger partial charge in [0.15, 0.2) is 5.72 Å². The maximum absolute atomic E-state index is 12.3. The van der Waals surface area contributed by atoms with Crippen LogP contribution in [0.2, 0.25) is 0 Å². The van der Waals surface area contributed by atoms with Crippen LogP contribution in [0, 0.1) is 5.92 Å². The van der Waals surface area contributed by atoms with Gasteiger partial charge in [0.25, 0.3) is 0 Å². The van der Waals surface area contributed by atoms with E-state index in [1.165, 1.54) is 0 Å². The molecule has 4 fully saturated rings. The van der Waals surface area contributed by atoms with Crippen LogP contribution in [0.15, 0.2) is 0 Å². The van der Waals surface area contributed by atoms with E-state index in [0.717, 1.165) is 38.8 Å². The van der Waals surface area contributed by atoms with Gasteiger partial charge >= 0.3 is 0 Å². The molecule has 0 bridgehead atoms. The lowest BCUT2D eigenvalue weighted by Crippen LogP contribution is -2.56. The molecular weight excluding hydrogens is 232 g/mol. The Morgan fingerprint density at radius 3 is 2.94 bits per heavy atom. The van der Waals surface area contributed by atoms with Crippen molar-refractivity contribution in [3.05, 3.63) is 0 Å². The molecule has 0 unspecified atom stereocenters. The summed E-state index contributed by atoms with van der Waals surface area (Å²) < 4.78 is 5.98. The summed E-state index contributed by atoms with van der Waals surface area (Å²) in [5.41, 5.74) is -0.472. The molecule has 4 rings (SSSR count). The lowest BCUT2D eigenvalue weighted by molar-refractivity contribution is -0.181. The summed E-state index contributed by atoms with van der Waals surface area (Å²) in [6, 6.07) is -0.0293. The van der Waals surface area contributed by atoms with E-state index in [1.807, 2.05) is 9.80 Å². The summed E-state index contributed by atoms with van der Waals surface area (Å²) in [7, 11) is 0. The number of likely N-dealkylation sites (tertiary alicyclic amines) is 1. The maximum atomic E-state index is 12.3. The third-order valence-corrected chi connectivity index (χ3v) is 4.82. The maximum Gasteiger partial charge on any atom is 0.227 e. The zero-order valence-electron chi connectivity index (χ0n) is 10.4. The fourth-order valence-corrected chi connectivity index (χ4v) is 3.78. The van der Waals surface area contributed by atoms with E-state index in [4.69, 9.17) is 4.74 Å². The first kappa shape index (κ1) is 10.8. The number of nitrogens with zero attached hydrogens (tertiary/aromatic N) is 2. The predicted molar refractivity (Wildman–Crippen MR) is 62.5 cm³/mol. The summed E-state index contributed by atoms with van der Waals surface area (Å²) in [5, 5.41) is 0. The van der Waals surface area contributed by atoms with Gasteiger partial charge in [-0.05, 0) is 19.3 Å². The molecule has 3 aliphatic heterocycles. The van der Waals surface area contributed by atoms with Crippen LogP contribution in [0.5, 0.6) is 0 Å². The fourth-order valence-electron chi connectivity index (χ4n) is 3.78. The molecule has 0 aromatic carbocycles. The van der Waals surface area contributed by atoms with Gasteiger partial charge in [0, 0.05) is 25.4 Å². The quantitative estimate of drug-likeness (QED) is 0.674. The van der Waals surface area contributed by atoms with E-state index in [-0.39, 0.29) is 23.8 Å². The average Bonchev–Trinajstić information content (AvgIpc) is 3.11. The molecule has 98 valence electrons. The van der Waals surface area contributed by atoms with Crippen molar-refractivity contribution in [1.29, 1.82) is 0 Å². The first-order valence-electron chi connectivity index (χ1n) is 6.97. The van der Waals surface area contributed by atoms with Crippen molar-refractivity contribution in [1.82, 2.24) is 9.80 Å². The van der Waals surface area contributed by atoms with Crippen molar-refractivity contribution in [3.63, 3.8) is 0 Å². The third kappa shape index (κ3) is 1.25. The summed E-state index contributed by atoms with van der Waals surface area (Å²) in [6.07, 6.45) is 4.21. The fraction of sp³-hybridized carbons (Fsp3) is 0.846. The smallest absolute Gasteiger partial charge is 0.227 e. The van der Waals surface area contributed by atoms with Crippen molar-refractivity contribution in [2.45, 2.75) is 43.9 Å². The summed E-state index contributed by atoms with van der Waals surface area (Å²) >= 11 is 0. The molecular formula is C13H18N2O3. The highest BCUT2D eigenvalue weighted by Crippen LogP contribution is 2.46. The topological polar surface area (TPSA) is 49.9 Å². The number of rotatable bonds is 1. The van der Waals surface area contributed by atoms with E-state index in [0.29, 0.717) is 13.0 Å². The molecule has 18 heavy (non-hydrogen) atoms. The molecule has 5 heteroatoms. The molecule has 5 nitrogen and oxygen atoms in total. The van der Waals surface area contributed by atoms with Gasteiger partial charge in [0.05, 0.1) is 19.1 Å². The van der Waals surface area contributed by atoms with Crippen molar-refractivity contribution in [3.8, 4) is 0 Å². The zero-order chi connectivity index (χ0) is 12.3. The van der Waals surface area contributed by atoms with Crippen molar-refractivity contribution in [2.24, 2.45) is 5.92 Å². The molecule has 0 radical (unpaired) electrons. The van der Waals surface area contributed by atoms with Gasteiger partial charge < -0.3 is 14.5 Å². The Morgan fingerprint density at radius 1 is 1.33 bits per heavy atom. The lowest BCUT2D eigenvalue weighted by Gasteiger charge is -2.42. The van der Waals surface area contributed by atoms with Gasteiger partial charge in [-0.1, -0.05) is 0 Å². The van der Waals surface area contributed by atoms with Gasteiger partial charge in [-0.25, -0.2) is 0 Å². The van der Waals surface area contributed by atoms with Crippen LogP contribution in [0.1, 0.15) is 32.1 Å². The van der Waals surface area contributed by atoms with E-state index in [9.17, 15) is 9.59 Å². The summed E-state index contributed by atoms with van der Waals surface area (Å²) in [5.74, 6) is 0.640. The normalized spacial score (nSPS) is 38.9. The molecule has 2 atom stereocenters. The summed E-state index contributed by atoms with van der Waals surface area (Å²) in [4.78, 5) is 28.2. The second kappa shape index (κ2) is 3.47. The van der Waals surface area contributed by atoms with E-state index >= 15 is 0 Å². The Balaban J connectivity index is 1.65. The first-order chi connectivity index (χ1) is 8.72. The van der Waals surface area contributed by atoms with E-state index < -0.39 is 5.72 Å². The Labute approximate surface area is 106 Å². The second-order valence-electron chi connectivity index (χ2n) is 5.87. The lowest BCUT2D eigenvalue weighted by atomic mass is 10.0. The summed E-state index contributed by atoms with van der Waals surface area (Å²) in [6.45, 7) is 2.26. The molecule has 1 aliphatic carbocycles. The largest absolute Gasteiger partial charge is 0.353 e. The third-order valence-electron chi connectivity index (χ3n) is 4.82. The van der Waals surface area contributed by atoms with Crippen LogP contribution < -0.4 is 0 Å². The highest BCUT2D eigenvalue weighted by atomic mass is 16.5. The minimum absolute atomic E-state index is 0.0293. The van der Waals surface area contributed by atoms with E-state index in [1.54, 1.807) is 0 Å². The number of hydrogen-bond donors (Lipinski definition) is 0. The van der Waals surface area contributed by atoms with Gasteiger partial charge in [-0.15, -0.1) is 0 Å². The van der Waals surface area contributed by atoms with Crippen LogP contribution >= 0.6 is 0 Å². The molecule has 1 spiro atoms. The average molecular weight is 250 g/mol. The number of carbonyl (C=O) groups is 2. The SMILES string of the molecule is O=C(C1CC1)N1CC[C@@]23OCCCN2C(=O)C[C@@H]13. The number of carbonyl (C=O) groups excluding carboxylic acids is 2. The number of ether oxygens (including phenoxy) is 1. The monoisotopic (exact) mass is 250 g/mol. The molecule has 0 aromatic rings. The highest BCUT2D eigenvalue weighted by molar-refractivity contribution is 5.86. The zero-order valence-corrected chi connectivity index (χ0v) is 10.4. The van der Waals surface area contributed by atoms with Crippen LogP contribution in [0.3, 0.4) is 0 Å². The molecule has 0 aromatic heterocycles. The Bertz CT molecular complexity index is 420. The minimum atomic E-state index is -0.472. The number of amides is 2.